The Morgan fingerprint density at radius 1 is 1.35 bits per heavy atom. The van der Waals surface area contributed by atoms with E-state index in [0.29, 0.717) is 10.6 Å². The molecule has 104 valence electrons. The second-order valence-corrected chi connectivity index (χ2v) is 5.64. The van der Waals surface area contributed by atoms with Crippen molar-refractivity contribution in [3.8, 4) is 0 Å². The van der Waals surface area contributed by atoms with Crippen LogP contribution in [0.1, 0.15) is 29.6 Å². The van der Waals surface area contributed by atoms with Crippen LogP contribution in [-0.2, 0) is 0 Å². The van der Waals surface area contributed by atoms with E-state index in [1.54, 1.807) is 0 Å². The van der Waals surface area contributed by atoms with E-state index >= 15 is 0 Å². The number of furan rings is 1. The highest BCUT2D eigenvalue weighted by atomic mass is 32.1. The Kier molecular flexibility index (Phi) is 3.44. The normalized spacial score (nSPS) is 22.0. The lowest BCUT2D eigenvalue weighted by Gasteiger charge is -2.19. The summed E-state index contributed by atoms with van der Waals surface area (Å²) in [5.41, 5.74) is 7.02. The first-order valence-corrected chi connectivity index (χ1v) is 7.14. The Balaban J connectivity index is 1.81. The first-order chi connectivity index (χ1) is 9.66. The molecule has 1 aromatic carbocycles. The minimum atomic E-state index is -0.122. The minimum Gasteiger partial charge on any atom is -0.463 e. The predicted molar refractivity (Wildman–Crippen MR) is 81.6 cm³/mol. The molecule has 1 fully saturated rings. The number of carbonyl (C=O) groups excluding carboxylic acids is 1. The van der Waals surface area contributed by atoms with Gasteiger partial charge in [0.2, 0.25) is 0 Å². The van der Waals surface area contributed by atoms with Crippen LogP contribution in [0, 0.1) is 5.92 Å². The van der Waals surface area contributed by atoms with Gasteiger partial charge in [-0.25, -0.2) is 0 Å². The first kappa shape index (κ1) is 13.1. The van der Waals surface area contributed by atoms with Gasteiger partial charge in [0.15, 0.2) is 0 Å². The zero-order chi connectivity index (χ0) is 14.1. The summed E-state index contributed by atoms with van der Waals surface area (Å²) in [7, 11) is 0. The van der Waals surface area contributed by atoms with Crippen molar-refractivity contribution < 1.29 is 9.21 Å². The van der Waals surface area contributed by atoms with Gasteiger partial charge in [-0.3, -0.25) is 4.79 Å². The molecule has 0 bridgehead atoms. The van der Waals surface area contributed by atoms with Crippen molar-refractivity contribution in [2.24, 2.45) is 11.7 Å². The summed E-state index contributed by atoms with van der Waals surface area (Å²) in [5, 5.41) is 3.87. The van der Waals surface area contributed by atoms with Crippen LogP contribution >= 0.6 is 12.2 Å². The number of rotatable bonds is 3. The molecule has 1 aliphatic carbocycles. The summed E-state index contributed by atoms with van der Waals surface area (Å²) in [5.74, 6) is -0.0183. The minimum absolute atomic E-state index is 0.0358. The molecule has 3 rings (SSSR count). The highest BCUT2D eigenvalue weighted by Gasteiger charge is 2.31. The van der Waals surface area contributed by atoms with Crippen molar-refractivity contribution in [2.75, 3.05) is 0 Å². The van der Waals surface area contributed by atoms with Crippen molar-refractivity contribution in [3.05, 3.63) is 36.1 Å². The van der Waals surface area contributed by atoms with Crippen LogP contribution in [0.5, 0.6) is 0 Å². The molecule has 2 unspecified atom stereocenters. The molecule has 4 nitrogen and oxygen atoms in total. The van der Waals surface area contributed by atoms with Gasteiger partial charge in [-0.15, -0.1) is 0 Å². The number of benzene rings is 1. The van der Waals surface area contributed by atoms with Crippen molar-refractivity contribution in [1.82, 2.24) is 5.32 Å². The number of nitrogens with two attached hydrogens (primary N) is 1. The maximum Gasteiger partial charge on any atom is 0.255 e. The lowest BCUT2D eigenvalue weighted by Crippen LogP contribution is -2.41. The molecule has 1 heterocycles. The topological polar surface area (TPSA) is 68.3 Å². The van der Waals surface area contributed by atoms with Gasteiger partial charge >= 0.3 is 0 Å². The highest BCUT2D eigenvalue weighted by Crippen LogP contribution is 2.27. The molecule has 2 atom stereocenters. The van der Waals surface area contributed by atoms with Crippen molar-refractivity contribution in [3.63, 3.8) is 0 Å². The molecule has 1 aliphatic rings. The van der Waals surface area contributed by atoms with Crippen LogP contribution in [0.2, 0.25) is 0 Å². The number of carbonyl (C=O) groups is 1. The molecule has 5 heteroatoms. The van der Waals surface area contributed by atoms with Gasteiger partial charge in [0.1, 0.15) is 11.8 Å². The number of hydrogen-bond donors (Lipinski definition) is 2. The van der Waals surface area contributed by atoms with Gasteiger partial charge in [-0.2, -0.15) is 0 Å². The highest BCUT2D eigenvalue weighted by molar-refractivity contribution is 7.80. The number of hydrogen-bond acceptors (Lipinski definition) is 3. The van der Waals surface area contributed by atoms with E-state index in [2.05, 4.69) is 5.32 Å². The molecular weight excluding hydrogens is 272 g/mol. The van der Waals surface area contributed by atoms with Gasteiger partial charge < -0.3 is 15.5 Å². The van der Waals surface area contributed by atoms with Gasteiger partial charge in [-0.1, -0.05) is 36.8 Å². The molecule has 0 saturated heterocycles. The number of fused-ring (bicyclic) bond motifs is 1. The van der Waals surface area contributed by atoms with Crippen LogP contribution in [0.4, 0.5) is 0 Å². The van der Waals surface area contributed by atoms with Crippen molar-refractivity contribution >= 4 is 34.1 Å². The Morgan fingerprint density at radius 2 is 2.15 bits per heavy atom. The fraction of sp³-hybridized carbons (Fsp3) is 0.333. The summed E-state index contributed by atoms with van der Waals surface area (Å²) in [4.78, 5) is 12.9. The molecule has 0 aliphatic heterocycles. The third kappa shape index (κ3) is 2.29. The number of para-hydroxylation sites is 1. The van der Waals surface area contributed by atoms with Gasteiger partial charge in [0, 0.05) is 17.3 Å². The maximum atomic E-state index is 12.4. The Morgan fingerprint density at radius 3 is 2.95 bits per heavy atom. The molecule has 0 spiro atoms. The third-order valence-electron chi connectivity index (χ3n) is 3.92. The van der Waals surface area contributed by atoms with E-state index in [1.165, 1.54) is 6.26 Å². The molecule has 1 saturated carbocycles. The zero-order valence-electron chi connectivity index (χ0n) is 11.0. The van der Waals surface area contributed by atoms with Crippen LogP contribution < -0.4 is 11.1 Å². The lowest BCUT2D eigenvalue weighted by molar-refractivity contribution is 0.0934. The van der Waals surface area contributed by atoms with Crippen LogP contribution in [0.3, 0.4) is 0 Å². The van der Waals surface area contributed by atoms with Gasteiger partial charge in [0.25, 0.3) is 5.91 Å². The molecule has 20 heavy (non-hydrogen) atoms. The summed E-state index contributed by atoms with van der Waals surface area (Å²) >= 11 is 5.07. The van der Waals surface area contributed by atoms with E-state index in [4.69, 9.17) is 22.4 Å². The average molecular weight is 288 g/mol. The molecule has 3 N–H and O–H groups in total. The standard InChI is InChI=1S/C15H16N2O2S/c16-14(20)10-5-3-6-12(10)17-15(18)11-8-19-13-7-2-1-4-9(11)13/h1-2,4,7-8,10,12H,3,5-6H2,(H2,16,20)(H,17,18). The fourth-order valence-corrected chi connectivity index (χ4v) is 3.16. The van der Waals surface area contributed by atoms with E-state index in [0.717, 1.165) is 30.2 Å². The second kappa shape index (κ2) is 5.25. The molecule has 0 radical (unpaired) electrons. The average Bonchev–Trinajstić information content (AvgIpc) is 3.04. The largest absolute Gasteiger partial charge is 0.463 e. The van der Waals surface area contributed by atoms with Crippen molar-refractivity contribution in [1.29, 1.82) is 0 Å². The molecule has 1 aromatic heterocycles. The summed E-state index contributed by atoms with van der Waals surface area (Å²) < 4.78 is 5.40. The van der Waals surface area contributed by atoms with E-state index in [-0.39, 0.29) is 17.9 Å². The lowest BCUT2D eigenvalue weighted by atomic mass is 10.0. The quantitative estimate of drug-likeness (QED) is 0.852. The van der Waals surface area contributed by atoms with Crippen LogP contribution in [0.15, 0.2) is 34.9 Å². The monoisotopic (exact) mass is 288 g/mol. The SMILES string of the molecule is NC(=S)C1CCCC1NC(=O)c1coc2ccccc12. The first-order valence-electron chi connectivity index (χ1n) is 6.73. The number of amides is 1. The van der Waals surface area contributed by atoms with Gasteiger partial charge in [-0.05, 0) is 18.9 Å². The fourth-order valence-electron chi connectivity index (χ4n) is 2.87. The second-order valence-electron chi connectivity index (χ2n) is 5.17. The molecule has 1 amide bonds. The number of nitrogens with one attached hydrogen (secondary N) is 1. The zero-order valence-corrected chi connectivity index (χ0v) is 11.8. The van der Waals surface area contributed by atoms with E-state index in [1.807, 2.05) is 24.3 Å². The molecular formula is C15H16N2O2S. The third-order valence-corrected chi connectivity index (χ3v) is 4.23. The Labute approximate surface area is 122 Å². The summed E-state index contributed by atoms with van der Waals surface area (Å²) in [6, 6.07) is 7.54. The van der Waals surface area contributed by atoms with E-state index in [9.17, 15) is 4.79 Å². The smallest absolute Gasteiger partial charge is 0.255 e. The predicted octanol–water partition coefficient (Wildman–Crippen LogP) is 2.62. The van der Waals surface area contributed by atoms with Crippen LogP contribution in [-0.4, -0.2) is 16.9 Å². The maximum absolute atomic E-state index is 12.4. The van der Waals surface area contributed by atoms with Crippen LogP contribution in [0.25, 0.3) is 11.0 Å². The Hall–Kier alpha value is -1.88. The summed E-state index contributed by atoms with van der Waals surface area (Å²) in [6.07, 6.45) is 4.42. The van der Waals surface area contributed by atoms with E-state index < -0.39 is 0 Å². The summed E-state index contributed by atoms with van der Waals surface area (Å²) in [6.45, 7) is 0. The van der Waals surface area contributed by atoms with Gasteiger partial charge in [0.05, 0.1) is 10.6 Å². The Bertz CT molecular complexity index is 665. The number of thiocarbonyl (C=S) groups is 1. The van der Waals surface area contributed by atoms with Crippen molar-refractivity contribution in [2.45, 2.75) is 25.3 Å². The molecule has 2 aromatic rings.